The minimum atomic E-state index is -3.47. The molecule has 2 aromatic carbocycles. The Balaban J connectivity index is 1.62. The second kappa shape index (κ2) is 9.90. The van der Waals surface area contributed by atoms with E-state index in [9.17, 15) is 13.2 Å². The fraction of sp³-hybridized carbons (Fsp3) is 0.238. The van der Waals surface area contributed by atoms with Crippen LogP contribution in [0.2, 0.25) is 0 Å². The first-order chi connectivity index (χ1) is 14.9. The van der Waals surface area contributed by atoms with Crippen molar-refractivity contribution in [2.24, 2.45) is 0 Å². The molecule has 0 radical (unpaired) electrons. The van der Waals surface area contributed by atoms with Crippen LogP contribution >= 0.6 is 11.3 Å². The lowest BCUT2D eigenvalue weighted by Crippen LogP contribution is -2.18. The molecule has 0 saturated carbocycles. The second-order valence-electron chi connectivity index (χ2n) is 6.50. The number of hydrogen-bond acceptors (Lipinski definition) is 7. The van der Waals surface area contributed by atoms with Crippen LogP contribution in [0.3, 0.4) is 0 Å². The van der Waals surface area contributed by atoms with Gasteiger partial charge in [-0.25, -0.2) is 18.1 Å². The van der Waals surface area contributed by atoms with Crippen LogP contribution in [-0.2, 0) is 21.2 Å². The van der Waals surface area contributed by atoms with Gasteiger partial charge in [0.25, 0.3) is 0 Å². The summed E-state index contributed by atoms with van der Waals surface area (Å²) in [5.74, 6) is 1.17. The number of anilines is 1. The minimum Gasteiger partial charge on any atom is -0.497 e. The molecule has 31 heavy (non-hydrogen) atoms. The summed E-state index contributed by atoms with van der Waals surface area (Å²) < 4.78 is 36.5. The van der Waals surface area contributed by atoms with Gasteiger partial charge in [-0.1, -0.05) is 12.1 Å². The van der Waals surface area contributed by atoms with Gasteiger partial charge in [-0.3, -0.25) is 4.79 Å². The van der Waals surface area contributed by atoms with Gasteiger partial charge in [0.1, 0.15) is 11.5 Å². The molecule has 0 atom stereocenters. The van der Waals surface area contributed by atoms with Crippen LogP contribution in [0.4, 0.5) is 5.13 Å². The molecule has 1 aromatic heterocycles. The van der Waals surface area contributed by atoms with Crippen LogP contribution in [0.25, 0.3) is 11.3 Å². The molecule has 0 unspecified atom stereocenters. The summed E-state index contributed by atoms with van der Waals surface area (Å²) in [4.78, 5) is 17.0. The predicted octanol–water partition coefficient (Wildman–Crippen LogP) is 3.31. The molecular formula is C21H23N3O5S2. The normalized spacial score (nSPS) is 11.2. The largest absolute Gasteiger partial charge is 0.497 e. The van der Waals surface area contributed by atoms with Crippen molar-refractivity contribution in [2.75, 3.05) is 26.6 Å². The van der Waals surface area contributed by atoms with Crippen molar-refractivity contribution in [3.63, 3.8) is 0 Å². The molecule has 8 nitrogen and oxygen atoms in total. The first kappa shape index (κ1) is 22.7. The molecule has 1 heterocycles. The van der Waals surface area contributed by atoms with Crippen molar-refractivity contribution >= 4 is 32.4 Å². The summed E-state index contributed by atoms with van der Waals surface area (Å²) in [6.07, 6.45) is 0.725. The molecular weight excluding hydrogens is 438 g/mol. The Hall–Kier alpha value is -2.95. The monoisotopic (exact) mass is 461 g/mol. The van der Waals surface area contributed by atoms with E-state index in [1.165, 1.54) is 30.5 Å². The quantitative estimate of drug-likeness (QED) is 0.506. The van der Waals surface area contributed by atoms with Gasteiger partial charge < -0.3 is 14.8 Å². The summed E-state index contributed by atoms with van der Waals surface area (Å²) >= 11 is 1.32. The number of sulfonamides is 1. The van der Waals surface area contributed by atoms with Crippen LogP contribution in [0.1, 0.15) is 12.0 Å². The molecule has 0 aliphatic carbocycles. The predicted molar refractivity (Wildman–Crippen MR) is 120 cm³/mol. The molecule has 1 amide bonds. The van der Waals surface area contributed by atoms with Gasteiger partial charge in [0.15, 0.2) is 5.13 Å². The van der Waals surface area contributed by atoms with Crippen molar-refractivity contribution < 1.29 is 22.7 Å². The van der Waals surface area contributed by atoms with E-state index in [0.717, 1.165) is 11.1 Å². The first-order valence-corrected chi connectivity index (χ1v) is 11.7. The van der Waals surface area contributed by atoms with Gasteiger partial charge in [-0.15, -0.1) is 11.3 Å². The van der Waals surface area contributed by atoms with Gasteiger partial charge in [-0.05, 0) is 49.4 Å². The molecule has 0 spiro atoms. The highest BCUT2D eigenvalue weighted by atomic mass is 32.2. The zero-order chi connectivity index (χ0) is 22.4. The summed E-state index contributed by atoms with van der Waals surface area (Å²) in [7, 11) is 1.07. The number of hydrogen-bond donors (Lipinski definition) is 2. The van der Waals surface area contributed by atoms with Crippen LogP contribution in [0.5, 0.6) is 11.5 Å². The van der Waals surface area contributed by atoms with E-state index in [2.05, 4.69) is 15.0 Å². The Morgan fingerprint density at radius 2 is 1.84 bits per heavy atom. The summed E-state index contributed by atoms with van der Waals surface area (Å²) in [5, 5.41) is 5.13. The molecule has 0 aliphatic heterocycles. The van der Waals surface area contributed by atoms with Crippen molar-refractivity contribution in [1.82, 2.24) is 9.71 Å². The Morgan fingerprint density at radius 1 is 1.10 bits per heavy atom. The molecule has 3 rings (SSSR count). The van der Waals surface area contributed by atoms with Crippen LogP contribution in [0.15, 0.2) is 52.7 Å². The van der Waals surface area contributed by atoms with E-state index in [1.54, 1.807) is 38.5 Å². The maximum Gasteiger partial charge on any atom is 0.240 e. The summed E-state index contributed by atoms with van der Waals surface area (Å²) in [6.45, 7) is 0. The Labute approximate surface area is 185 Å². The highest BCUT2D eigenvalue weighted by Crippen LogP contribution is 2.35. The van der Waals surface area contributed by atoms with E-state index in [-0.39, 0.29) is 17.2 Å². The van der Waals surface area contributed by atoms with E-state index in [1.807, 2.05) is 11.4 Å². The number of rotatable bonds is 9. The Morgan fingerprint density at radius 3 is 2.48 bits per heavy atom. The SMILES string of the molecule is CNS(=O)(=O)c1ccc(CCC(=O)Nc2nc(-c3cc(OC)ccc3OC)cs2)cc1. The Kier molecular flexibility index (Phi) is 7.26. The van der Waals surface area contributed by atoms with E-state index >= 15 is 0 Å². The standard InChI is InChI=1S/C21H23N3O5S2/c1-22-31(26,27)16-8-4-14(5-9-16)6-11-20(25)24-21-23-18(13-30-21)17-12-15(28-2)7-10-19(17)29-3/h4-5,7-10,12-13,22H,6,11H2,1-3H3,(H,23,24,25). The van der Waals surface area contributed by atoms with Gasteiger partial charge in [-0.2, -0.15) is 0 Å². The number of carbonyl (C=O) groups excluding carboxylic acids is 1. The molecule has 164 valence electrons. The number of nitrogens with one attached hydrogen (secondary N) is 2. The number of aryl methyl sites for hydroxylation is 1. The average Bonchev–Trinajstić information content (AvgIpc) is 3.25. The number of aromatic nitrogens is 1. The van der Waals surface area contributed by atoms with Crippen LogP contribution in [-0.4, -0.2) is 40.6 Å². The number of benzene rings is 2. The molecule has 10 heteroatoms. The van der Waals surface area contributed by atoms with E-state index < -0.39 is 10.0 Å². The van der Waals surface area contributed by atoms with Gasteiger partial charge in [0, 0.05) is 17.4 Å². The fourth-order valence-corrected chi connectivity index (χ4v) is 4.32. The van der Waals surface area contributed by atoms with E-state index in [4.69, 9.17) is 9.47 Å². The molecule has 0 bridgehead atoms. The van der Waals surface area contributed by atoms with Crippen LogP contribution < -0.4 is 19.5 Å². The maximum atomic E-state index is 12.3. The second-order valence-corrected chi connectivity index (χ2v) is 9.25. The number of methoxy groups -OCH3 is 2. The Bertz CT molecular complexity index is 1160. The number of nitrogens with zero attached hydrogens (tertiary/aromatic N) is 1. The topological polar surface area (TPSA) is 107 Å². The number of carbonyl (C=O) groups is 1. The molecule has 3 aromatic rings. The minimum absolute atomic E-state index is 0.176. The number of thiazole rings is 1. The van der Waals surface area contributed by atoms with Crippen LogP contribution in [0, 0.1) is 0 Å². The lowest BCUT2D eigenvalue weighted by atomic mass is 10.1. The molecule has 0 fully saturated rings. The third kappa shape index (κ3) is 5.60. The lowest BCUT2D eigenvalue weighted by molar-refractivity contribution is -0.116. The van der Waals surface area contributed by atoms with Crippen molar-refractivity contribution in [3.05, 3.63) is 53.4 Å². The zero-order valence-electron chi connectivity index (χ0n) is 17.3. The highest BCUT2D eigenvalue weighted by Gasteiger charge is 2.14. The van der Waals surface area contributed by atoms with Gasteiger partial charge >= 0.3 is 0 Å². The lowest BCUT2D eigenvalue weighted by Gasteiger charge is -2.08. The third-order valence-corrected chi connectivity index (χ3v) is 6.76. The van der Waals surface area contributed by atoms with Crippen molar-refractivity contribution in [1.29, 1.82) is 0 Å². The first-order valence-electron chi connectivity index (χ1n) is 9.36. The van der Waals surface area contributed by atoms with E-state index in [0.29, 0.717) is 28.7 Å². The number of amides is 1. The smallest absolute Gasteiger partial charge is 0.240 e. The maximum absolute atomic E-state index is 12.3. The fourth-order valence-electron chi connectivity index (χ4n) is 2.86. The average molecular weight is 462 g/mol. The molecule has 2 N–H and O–H groups in total. The molecule has 0 aliphatic rings. The molecule has 0 saturated heterocycles. The summed E-state index contributed by atoms with van der Waals surface area (Å²) in [5.41, 5.74) is 2.32. The van der Waals surface area contributed by atoms with Gasteiger partial charge in [0.2, 0.25) is 15.9 Å². The summed E-state index contributed by atoms with van der Waals surface area (Å²) in [6, 6.07) is 11.9. The highest BCUT2D eigenvalue weighted by molar-refractivity contribution is 7.89. The number of ether oxygens (including phenoxy) is 2. The third-order valence-electron chi connectivity index (χ3n) is 4.58. The van der Waals surface area contributed by atoms with Crippen molar-refractivity contribution in [2.45, 2.75) is 17.7 Å². The van der Waals surface area contributed by atoms with Gasteiger partial charge in [0.05, 0.1) is 24.8 Å². The zero-order valence-corrected chi connectivity index (χ0v) is 19.0. The van der Waals surface area contributed by atoms with Crippen molar-refractivity contribution in [3.8, 4) is 22.8 Å².